The second kappa shape index (κ2) is 3.15. The SMILES string of the molecule is CC(C)(C)[Si](C)(C)OC(=O)Cl. The first-order valence-corrected chi connectivity index (χ1v) is 6.84. The van der Waals surface area contributed by atoms with Crippen LogP contribution < -0.4 is 0 Å². The summed E-state index contributed by atoms with van der Waals surface area (Å²) >= 11 is 5.14. The molecule has 0 atom stereocenters. The summed E-state index contributed by atoms with van der Waals surface area (Å²) in [5.74, 6) is 0. The zero-order valence-electron chi connectivity index (χ0n) is 7.69. The molecule has 11 heavy (non-hydrogen) atoms. The smallest absolute Gasteiger partial charge is 0.390 e. The third-order valence-electron chi connectivity index (χ3n) is 2.14. The van der Waals surface area contributed by atoms with E-state index in [4.69, 9.17) is 16.0 Å². The summed E-state index contributed by atoms with van der Waals surface area (Å²) in [6.45, 7) is 10.1. The van der Waals surface area contributed by atoms with Gasteiger partial charge in [-0.3, -0.25) is 0 Å². The second-order valence-corrected chi connectivity index (χ2v) is 9.13. The Morgan fingerprint density at radius 1 is 1.36 bits per heavy atom. The molecule has 0 aliphatic carbocycles. The van der Waals surface area contributed by atoms with Gasteiger partial charge in [0.05, 0.1) is 0 Å². The largest absolute Gasteiger partial charge is 0.507 e. The van der Waals surface area contributed by atoms with Crippen molar-refractivity contribution < 1.29 is 9.22 Å². The number of carbonyl (C=O) groups is 1. The van der Waals surface area contributed by atoms with Crippen molar-refractivity contribution in [1.29, 1.82) is 0 Å². The Labute approximate surface area is 74.0 Å². The van der Waals surface area contributed by atoms with E-state index >= 15 is 0 Å². The predicted molar refractivity (Wildman–Crippen MR) is 49.5 cm³/mol. The van der Waals surface area contributed by atoms with Gasteiger partial charge in [-0.05, 0) is 18.1 Å². The molecule has 0 saturated heterocycles. The summed E-state index contributed by atoms with van der Waals surface area (Å²) < 4.78 is 5.07. The molecule has 0 aromatic carbocycles. The molecular weight excluding hydrogens is 180 g/mol. The normalized spacial score (nSPS) is 12.9. The molecular formula is C7H15ClO2Si. The molecule has 4 heteroatoms. The average Bonchev–Trinajstić information content (AvgIpc) is 1.56. The molecule has 0 spiro atoms. The molecule has 0 aliphatic rings. The first kappa shape index (κ1) is 11.0. The van der Waals surface area contributed by atoms with Crippen LogP contribution in [0.1, 0.15) is 20.8 Å². The molecule has 0 aliphatic heterocycles. The molecule has 0 aromatic rings. The van der Waals surface area contributed by atoms with Crippen LogP contribution in [0.4, 0.5) is 4.79 Å². The third-order valence-corrected chi connectivity index (χ3v) is 6.66. The minimum Gasteiger partial charge on any atom is -0.507 e. The van der Waals surface area contributed by atoms with Crippen molar-refractivity contribution in [2.24, 2.45) is 0 Å². The topological polar surface area (TPSA) is 26.3 Å². The Morgan fingerprint density at radius 2 is 1.73 bits per heavy atom. The fourth-order valence-electron chi connectivity index (χ4n) is 0.354. The number of halogens is 1. The van der Waals surface area contributed by atoms with Crippen molar-refractivity contribution in [2.75, 3.05) is 0 Å². The van der Waals surface area contributed by atoms with Crippen LogP contribution in [-0.2, 0) is 4.43 Å². The molecule has 0 rings (SSSR count). The van der Waals surface area contributed by atoms with Crippen LogP contribution >= 0.6 is 11.6 Å². The maximum atomic E-state index is 10.5. The lowest BCUT2D eigenvalue weighted by atomic mass is 10.2. The van der Waals surface area contributed by atoms with Crippen molar-refractivity contribution in [3.05, 3.63) is 0 Å². The van der Waals surface area contributed by atoms with Gasteiger partial charge in [0.2, 0.25) is 0 Å². The van der Waals surface area contributed by atoms with Crippen molar-refractivity contribution in [3.8, 4) is 0 Å². The number of carbonyl (C=O) groups excluding carboxylic acids is 1. The summed E-state index contributed by atoms with van der Waals surface area (Å²) in [5.41, 5.74) is -0.684. The van der Waals surface area contributed by atoms with Crippen LogP contribution in [0.2, 0.25) is 18.1 Å². The van der Waals surface area contributed by atoms with Gasteiger partial charge in [0.15, 0.2) is 0 Å². The Hall–Kier alpha value is -0.0231. The van der Waals surface area contributed by atoms with Gasteiger partial charge >= 0.3 is 5.43 Å². The van der Waals surface area contributed by atoms with Gasteiger partial charge < -0.3 is 4.43 Å². The van der Waals surface area contributed by atoms with Gasteiger partial charge in [-0.2, -0.15) is 0 Å². The third kappa shape index (κ3) is 3.25. The van der Waals surface area contributed by atoms with E-state index in [0.29, 0.717) is 0 Å². The number of hydrogen-bond donors (Lipinski definition) is 0. The van der Waals surface area contributed by atoms with Gasteiger partial charge in [0.1, 0.15) is 0 Å². The van der Waals surface area contributed by atoms with Gasteiger partial charge in [-0.25, -0.2) is 4.79 Å². The van der Waals surface area contributed by atoms with E-state index in [1.165, 1.54) is 0 Å². The van der Waals surface area contributed by atoms with Crippen LogP contribution in [0.15, 0.2) is 0 Å². The fourth-order valence-corrected chi connectivity index (χ4v) is 1.64. The molecule has 0 aromatic heterocycles. The van der Waals surface area contributed by atoms with E-state index < -0.39 is 13.7 Å². The van der Waals surface area contributed by atoms with Crippen molar-refractivity contribution in [3.63, 3.8) is 0 Å². The van der Waals surface area contributed by atoms with E-state index in [9.17, 15) is 4.79 Å². The lowest BCUT2D eigenvalue weighted by molar-refractivity contribution is 0.221. The van der Waals surface area contributed by atoms with E-state index in [1.807, 2.05) is 13.1 Å². The lowest BCUT2D eigenvalue weighted by Crippen LogP contribution is -2.41. The van der Waals surface area contributed by atoms with Crippen LogP contribution in [0, 0.1) is 0 Å². The first-order chi connectivity index (χ1) is 4.67. The van der Waals surface area contributed by atoms with E-state index in [0.717, 1.165) is 0 Å². The van der Waals surface area contributed by atoms with E-state index in [1.54, 1.807) is 0 Å². The molecule has 0 saturated carbocycles. The number of hydrogen-bond acceptors (Lipinski definition) is 2. The highest BCUT2D eigenvalue weighted by Gasteiger charge is 2.40. The molecule has 0 bridgehead atoms. The highest BCUT2D eigenvalue weighted by molar-refractivity contribution is 6.79. The van der Waals surface area contributed by atoms with Crippen molar-refractivity contribution in [2.45, 2.75) is 38.9 Å². The Balaban J connectivity index is 4.34. The Bertz CT molecular complexity index is 160. The summed E-state index contributed by atoms with van der Waals surface area (Å²) in [5, 5.41) is 0.0392. The highest BCUT2D eigenvalue weighted by atomic mass is 35.5. The van der Waals surface area contributed by atoms with Gasteiger partial charge in [0.25, 0.3) is 8.32 Å². The van der Waals surface area contributed by atoms with Crippen LogP contribution in [-0.4, -0.2) is 13.7 Å². The second-order valence-electron chi connectivity index (χ2n) is 4.10. The van der Waals surface area contributed by atoms with Gasteiger partial charge in [-0.15, -0.1) is 0 Å². The fraction of sp³-hybridized carbons (Fsp3) is 0.857. The predicted octanol–water partition coefficient (Wildman–Crippen LogP) is 3.37. The molecule has 0 N–H and O–H groups in total. The summed E-state index contributed by atoms with van der Waals surface area (Å²) in [6.07, 6.45) is 0. The van der Waals surface area contributed by atoms with Crippen LogP contribution in [0.3, 0.4) is 0 Å². The van der Waals surface area contributed by atoms with Crippen molar-refractivity contribution >= 4 is 25.3 Å². The standard InChI is InChI=1S/C7H15ClO2Si/c1-7(2,3)11(4,5)10-6(8)9/h1-5H3. The van der Waals surface area contributed by atoms with Crippen LogP contribution in [0.5, 0.6) is 0 Å². The molecule has 66 valence electrons. The summed E-state index contributed by atoms with van der Waals surface area (Å²) in [7, 11) is -1.95. The Morgan fingerprint density at radius 3 is 1.82 bits per heavy atom. The molecule has 0 unspecified atom stereocenters. The maximum Gasteiger partial charge on any atom is 0.390 e. The highest BCUT2D eigenvalue weighted by Crippen LogP contribution is 2.36. The summed E-state index contributed by atoms with van der Waals surface area (Å²) in [6, 6.07) is 0. The minimum absolute atomic E-state index is 0.0392. The molecule has 2 nitrogen and oxygen atoms in total. The quantitative estimate of drug-likeness (QED) is 0.473. The van der Waals surface area contributed by atoms with E-state index in [-0.39, 0.29) is 5.04 Å². The maximum absolute atomic E-state index is 10.5. The molecule has 0 heterocycles. The molecule has 0 radical (unpaired) electrons. The first-order valence-electron chi connectivity index (χ1n) is 3.55. The number of rotatable bonds is 1. The molecule has 0 fully saturated rings. The summed E-state index contributed by atoms with van der Waals surface area (Å²) in [4.78, 5) is 10.5. The van der Waals surface area contributed by atoms with E-state index in [2.05, 4.69) is 20.8 Å². The van der Waals surface area contributed by atoms with Crippen molar-refractivity contribution in [1.82, 2.24) is 0 Å². The zero-order chi connectivity index (χ0) is 9.28. The molecule has 0 amide bonds. The zero-order valence-corrected chi connectivity index (χ0v) is 9.45. The van der Waals surface area contributed by atoms with Gasteiger partial charge in [0, 0.05) is 11.6 Å². The minimum atomic E-state index is -1.95. The van der Waals surface area contributed by atoms with Gasteiger partial charge in [-0.1, -0.05) is 20.8 Å². The monoisotopic (exact) mass is 194 g/mol. The average molecular weight is 195 g/mol. The lowest BCUT2D eigenvalue weighted by Gasteiger charge is -2.34. The van der Waals surface area contributed by atoms with Crippen LogP contribution in [0.25, 0.3) is 0 Å². The Kier molecular flexibility index (Phi) is 3.14.